The van der Waals surface area contributed by atoms with Crippen molar-refractivity contribution in [3.8, 4) is 0 Å². The number of nitrogens with one attached hydrogen (secondary N) is 1. The Hall–Kier alpha value is -2.31. The maximum atomic E-state index is 13.0. The van der Waals surface area contributed by atoms with Crippen LogP contribution in [0.5, 0.6) is 0 Å². The molecule has 1 N–H and O–H groups in total. The van der Waals surface area contributed by atoms with Gasteiger partial charge in [-0.2, -0.15) is 0 Å². The lowest BCUT2D eigenvalue weighted by Gasteiger charge is -2.34. The molecule has 25 heavy (non-hydrogen) atoms. The first-order chi connectivity index (χ1) is 12.2. The van der Waals surface area contributed by atoms with Crippen molar-refractivity contribution in [1.82, 2.24) is 15.2 Å². The molecule has 0 radical (unpaired) electrons. The highest BCUT2D eigenvalue weighted by atomic mass is 19.1. The van der Waals surface area contributed by atoms with Crippen LogP contribution in [0.1, 0.15) is 17.2 Å². The van der Waals surface area contributed by atoms with Crippen LogP contribution in [0.3, 0.4) is 0 Å². The van der Waals surface area contributed by atoms with Crippen LogP contribution in [0.15, 0.2) is 48.8 Å². The Kier molecular flexibility index (Phi) is 6.09. The lowest BCUT2D eigenvalue weighted by atomic mass is 10.1. The topological polar surface area (TPSA) is 54.5 Å². The second-order valence-electron chi connectivity index (χ2n) is 6.05. The molecule has 2 aromatic rings. The van der Waals surface area contributed by atoms with E-state index in [1.807, 2.05) is 12.1 Å². The van der Waals surface area contributed by atoms with E-state index in [0.29, 0.717) is 19.8 Å². The van der Waals surface area contributed by atoms with Crippen LogP contribution in [-0.2, 0) is 16.0 Å². The molecule has 0 aliphatic carbocycles. The molecule has 132 valence electrons. The van der Waals surface area contributed by atoms with Gasteiger partial charge in [-0.3, -0.25) is 14.7 Å². The predicted molar refractivity (Wildman–Crippen MR) is 92.5 cm³/mol. The third kappa shape index (κ3) is 5.08. The molecule has 0 spiro atoms. The van der Waals surface area contributed by atoms with E-state index in [-0.39, 0.29) is 24.2 Å². The first-order valence-corrected chi connectivity index (χ1v) is 8.45. The number of amides is 1. The van der Waals surface area contributed by atoms with Gasteiger partial charge < -0.3 is 10.1 Å². The normalized spacial score (nSPS) is 16.4. The number of morpholine rings is 1. The van der Waals surface area contributed by atoms with Crippen molar-refractivity contribution in [2.45, 2.75) is 12.5 Å². The molecule has 1 fully saturated rings. The zero-order valence-corrected chi connectivity index (χ0v) is 14.0. The largest absolute Gasteiger partial charge is 0.379 e. The SMILES string of the molecule is O=C(Cc1ccc(F)cc1)NC[C@H](c1ccncc1)N1CCOCC1. The number of halogens is 1. The molecule has 1 saturated heterocycles. The molecule has 2 heterocycles. The summed E-state index contributed by atoms with van der Waals surface area (Å²) in [6, 6.07) is 10.1. The van der Waals surface area contributed by atoms with Crippen molar-refractivity contribution in [1.29, 1.82) is 0 Å². The summed E-state index contributed by atoms with van der Waals surface area (Å²) in [5, 5.41) is 3.01. The van der Waals surface area contributed by atoms with Crippen LogP contribution in [0.4, 0.5) is 4.39 Å². The molecule has 0 unspecified atom stereocenters. The average molecular weight is 343 g/mol. The van der Waals surface area contributed by atoms with Gasteiger partial charge in [-0.25, -0.2) is 4.39 Å². The number of hydrogen-bond donors (Lipinski definition) is 1. The summed E-state index contributed by atoms with van der Waals surface area (Å²) < 4.78 is 18.4. The van der Waals surface area contributed by atoms with Crippen LogP contribution in [0.2, 0.25) is 0 Å². The molecule has 5 nitrogen and oxygen atoms in total. The smallest absolute Gasteiger partial charge is 0.224 e. The standard InChI is InChI=1S/C19H22FN3O2/c20-17-3-1-15(2-4-17)13-19(24)22-14-18(16-5-7-21-8-6-16)23-9-11-25-12-10-23/h1-8,18H,9-14H2,(H,22,24)/t18-/m1/s1. The molecule has 6 heteroatoms. The Morgan fingerprint density at radius 3 is 2.52 bits per heavy atom. The quantitative estimate of drug-likeness (QED) is 0.871. The summed E-state index contributed by atoms with van der Waals surface area (Å²) in [5.41, 5.74) is 1.92. The molecule has 0 bridgehead atoms. The summed E-state index contributed by atoms with van der Waals surface area (Å²) >= 11 is 0. The minimum atomic E-state index is -0.297. The van der Waals surface area contributed by atoms with Gasteiger partial charge in [0, 0.05) is 32.0 Å². The molecule has 3 rings (SSSR count). The number of carbonyl (C=O) groups excluding carboxylic acids is 1. The van der Waals surface area contributed by atoms with E-state index < -0.39 is 0 Å². The van der Waals surface area contributed by atoms with E-state index in [0.717, 1.165) is 24.2 Å². The minimum absolute atomic E-state index is 0.0704. The van der Waals surface area contributed by atoms with Gasteiger partial charge in [0.2, 0.25) is 5.91 Å². The van der Waals surface area contributed by atoms with Gasteiger partial charge in [0.25, 0.3) is 0 Å². The Labute approximate surface area is 146 Å². The van der Waals surface area contributed by atoms with E-state index in [2.05, 4.69) is 15.2 Å². The minimum Gasteiger partial charge on any atom is -0.379 e. The predicted octanol–water partition coefficient (Wildman–Crippen LogP) is 1.95. The number of benzene rings is 1. The summed E-state index contributed by atoms with van der Waals surface area (Å²) in [6.07, 6.45) is 3.78. The Morgan fingerprint density at radius 1 is 1.16 bits per heavy atom. The lowest BCUT2D eigenvalue weighted by molar-refractivity contribution is -0.120. The first-order valence-electron chi connectivity index (χ1n) is 8.45. The number of nitrogens with zero attached hydrogens (tertiary/aromatic N) is 2. The van der Waals surface area contributed by atoms with Crippen LogP contribution in [-0.4, -0.2) is 48.6 Å². The summed E-state index contributed by atoms with van der Waals surface area (Å²) in [5.74, 6) is -0.367. The number of pyridine rings is 1. The van der Waals surface area contributed by atoms with Gasteiger partial charge >= 0.3 is 0 Å². The fraction of sp³-hybridized carbons (Fsp3) is 0.368. The van der Waals surface area contributed by atoms with Crippen LogP contribution < -0.4 is 5.32 Å². The fourth-order valence-electron chi connectivity index (χ4n) is 2.99. The summed E-state index contributed by atoms with van der Waals surface area (Å²) in [6.45, 7) is 3.59. The zero-order valence-electron chi connectivity index (χ0n) is 14.0. The highest BCUT2D eigenvalue weighted by molar-refractivity contribution is 5.78. The van der Waals surface area contributed by atoms with E-state index >= 15 is 0 Å². The van der Waals surface area contributed by atoms with Crippen molar-refractivity contribution in [3.63, 3.8) is 0 Å². The van der Waals surface area contributed by atoms with Crippen LogP contribution >= 0.6 is 0 Å². The molecule has 1 amide bonds. The van der Waals surface area contributed by atoms with Gasteiger partial charge in [-0.05, 0) is 35.4 Å². The van der Waals surface area contributed by atoms with Crippen molar-refractivity contribution in [3.05, 3.63) is 65.7 Å². The molecule has 1 aliphatic heterocycles. The van der Waals surface area contributed by atoms with Gasteiger partial charge in [0.05, 0.1) is 25.7 Å². The highest BCUT2D eigenvalue weighted by Gasteiger charge is 2.23. The average Bonchev–Trinajstić information content (AvgIpc) is 2.66. The molecule has 1 aromatic carbocycles. The van der Waals surface area contributed by atoms with Gasteiger partial charge in [0.1, 0.15) is 5.82 Å². The maximum absolute atomic E-state index is 13.0. The number of ether oxygens (including phenoxy) is 1. The lowest BCUT2D eigenvalue weighted by Crippen LogP contribution is -2.44. The van der Waals surface area contributed by atoms with Gasteiger partial charge in [-0.15, -0.1) is 0 Å². The summed E-state index contributed by atoms with van der Waals surface area (Å²) in [7, 11) is 0. The van der Waals surface area contributed by atoms with Crippen molar-refractivity contribution in [2.24, 2.45) is 0 Å². The molecular weight excluding hydrogens is 321 g/mol. The second-order valence-corrected chi connectivity index (χ2v) is 6.05. The molecule has 1 aromatic heterocycles. The maximum Gasteiger partial charge on any atom is 0.224 e. The number of carbonyl (C=O) groups is 1. The van der Waals surface area contributed by atoms with Gasteiger partial charge in [-0.1, -0.05) is 12.1 Å². The van der Waals surface area contributed by atoms with E-state index in [1.165, 1.54) is 12.1 Å². The van der Waals surface area contributed by atoms with E-state index in [4.69, 9.17) is 4.74 Å². The van der Waals surface area contributed by atoms with Crippen LogP contribution in [0, 0.1) is 5.82 Å². The molecule has 0 saturated carbocycles. The summed E-state index contributed by atoms with van der Waals surface area (Å²) in [4.78, 5) is 18.6. The highest BCUT2D eigenvalue weighted by Crippen LogP contribution is 2.20. The third-order valence-electron chi connectivity index (χ3n) is 4.35. The van der Waals surface area contributed by atoms with Gasteiger partial charge in [0.15, 0.2) is 0 Å². The van der Waals surface area contributed by atoms with Crippen molar-refractivity contribution in [2.75, 3.05) is 32.8 Å². The first kappa shape index (κ1) is 17.5. The molecule has 1 aliphatic rings. The fourth-order valence-corrected chi connectivity index (χ4v) is 2.99. The number of rotatable bonds is 6. The van der Waals surface area contributed by atoms with Crippen molar-refractivity contribution < 1.29 is 13.9 Å². The Bertz CT molecular complexity index is 673. The number of hydrogen-bond acceptors (Lipinski definition) is 4. The Balaban J connectivity index is 1.61. The molecule has 1 atom stereocenters. The third-order valence-corrected chi connectivity index (χ3v) is 4.35. The van der Waals surface area contributed by atoms with E-state index in [9.17, 15) is 9.18 Å². The molecular formula is C19H22FN3O2. The monoisotopic (exact) mass is 343 g/mol. The zero-order chi connectivity index (χ0) is 17.5. The van der Waals surface area contributed by atoms with Crippen LogP contribution in [0.25, 0.3) is 0 Å². The van der Waals surface area contributed by atoms with E-state index in [1.54, 1.807) is 24.5 Å². The Morgan fingerprint density at radius 2 is 1.84 bits per heavy atom. The second kappa shape index (κ2) is 8.69. The van der Waals surface area contributed by atoms with Crippen molar-refractivity contribution >= 4 is 5.91 Å². The number of aromatic nitrogens is 1.